The van der Waals surface area contributed by atoms with Gasteiger partial charge in [-0.1, -0.05) is 0 Å². The van der Waals surface area contributed by atoms with Gasteiger partial charge in [0.25, 0.3) is 6.43 Å². The molecule has 0 aliphatic rings. The van der Waals surface area contributed by atoms with Gasteiger partial charge in [-0.3, -0.25) is 0 Å². The van der Waals surface area contributed by atoms with Crippen molar-refractivity contribution in [3.05, 3.63) is 0 Å². The Morgan fingerprint density at radius 2 is 1.67 bits per heavy atom. The first-order valence-corrected chi connectivity index (χ1v) is 1.61. The molecule has 1 nitrogen and oxygen atoms in total. The van der Waals surface area contributed by atoms with Crippen LogP contribution in [0.2, 0.25) is 0 Å². The standard InChI is InChI=1S/C3H6F2O/c1-2(6)3(4)5/h2-3,6H,1H3. The average Bonchev–Trinajstić information content (AvgIpc) is 1.36. The number of alkyl halides is 2. The molecule has 0 saturated carbocycles. The van der Waals surface area contributed by atoms with E-state index in [0.29, 0.717) is 0 Å². The van der Waals surface area contributed by atoms with E-state index in [1.807, 2.05) is 0 Å². The number of hydrogen-bond donors (Lipinski definition) is 1. The van der Waals surface area contributed by atoms with E-state index in [0.717, 1.165) is 6.92 Å². The summed E-state index contributed by atoms with van der Waals surface area (Å²) in [5.74, 6) is 0. The van der Waals surface area contributed by atoms with E-state index in [2.05, 4.69) is 0 Å². The largest absolute Gasteiger partial charge is 0.387 e. The van der Waals surface area contributed by atoms with E-state index in [9.17, 15) is 8.78 Å². The second kappa shape index (κ2) is 2.08. The maximum absolute atomic E-state index is 10.9. The van der Waals surface area contributed by atoms with Gasteiger partial charge < -0.3 is 5.11 Å². The minimum atomic E-state index is -2.59. The molecule has 3 heteroatoms. The maximum atomic E-state index is 10.9. The number of rotatable bonds is 1. The Kier molecular flexibility index (Phi) is 2.01. The Morgan fingerprint density at radius 1 is 1.50 bits per heavy atom. The fourth-order valence-corrected chi connectivity index (χ4v) is 0. The average molecular weight is 96.1 g/mol. The van der Waals surface area contributed by atoms with Gasteiger partial charge in [-0.2, -0.15) is 0 Å². The molecule has 0 aliphatic carbocycles. The highest BCUT2D eigenvalue weighted by molar-refractivity contribution is 4.44. The van der Waals surface area contributed by atoms with Crippen molar-refractivity contribution in [2.24, 2.45) is 0 Å². The van der Waals surface area contributed by atoms with Crippen molar-refractivity contribution in [3.8, 4) is 0 Å². The third kappa shape index (κ3) is 2.08. The smallest absolute Gasteiger partial charge is 0.263 e. The van der Waals surface area contributed by atoms with Crippen molar-refractivity contribution in [2.75, 3.05) is 0 Å². The molecule has 0 rings (SSSR count). The van der Waals surface area contributed by atoms with E-state index in [1.54, 1.807) is 0 Å². The summed E-state index contributed by atoms with van der Waals surface area (Å²) in [5, 5.41) is 7.88. The predicted octanol–water partition coefficient (Wildman–Crippen LogP) is 0.632. The van der Waals surface area contributed by atoms with Crippen LogP contribution >= 0.6 is 0 Å². The van der Waals surface area contributed by atoms with Crippen LogP contribution in [-0.4, -0.2) is 17.6 Å². The van der Waals surface area contributed by atoms with Gasteiger partial charge in [-0.05, 0) is 6.92 Å². The number of hydrogen-bond acceptors (Lipinski definition) is 1. The summed E-state index contributed by atoms with van der Waals surface area (Å²) in [6.07, 6.45) is -4.07. The van der Waals surface area contributed by atoms with Crippen LogP contribution in [0.4, 0.5) is 8.78 Å². The zero-order valence-electron chi connectivity index (χ0n) is 3.36. The Morgan fingerprint density at radius 3 is 1.67 bits per heavy atom. The van der Waals surface area contributed by atoms with E-state index in [1.165, 1.54) is 0 Å². The van der Waals surface area contributed by atoms with Crippen LogP contribution in [0, 0.1) is 0 Å². The summed E-state index contributed by atoms with van der Waals surface area (Å²) >= 11 is 0. The molecule has 0 aromatic carbocycles. The first-order chi connectivity index (χ1) is 2.64. The van der Waals surface area contributed by atoms with Crippen molar-refractivity contribution < 1.29 is 13.9 Å². The third-order valence-corrected chi connectivity index (χ3v) is 0.365. The van der Waals surface area contributed by atoms with Gasteiger partial charge in [0.05, 0.1) is 0 Å². The molecule has 0 aromatic rings. The van der Waals surface area contributed by atoms with Crippen LogP contribution in [0.3, 0.4) is 0 Å². The van der Waals surface area contributed by atoms with Crippen LogP contribution in [0.5, 0.6) is 0 Å². The Hall–Kier alpha value is -0.180. The Labute approximate surface area is 34.6 Å². The number of halogens is 2. The molecular formula is C3H6F2O. The summed E-state index contributed by atoms with van der Waals surface area (Å²) < 4.78 is 21.8. The Bertz CT molecular complexity index is 29.8. The molecule has 6 heavy (non-hydrogen) atoms. The summed E-state index contributed by atoms with van der Waals surface area (Å²) in [5.41, 5.74) is 0. The van der Waals surface area contributed by atoms with Crippen molar-refractivity contribution in [3.63, 3.8) is 0 Å². The molecule has 0 aromatic heterocycles. The third-order valence-electron chi connectivity index (χ3n) is 0.365. The molecule has 0 spiro atoms. The molecule has 0 heterocycles. The highest BCUT2D eigenvalue weighted by Crippen LogP contribution is 1.96. The number of aliphatic hydroxyl groups is 1. The van der Waals surface area contributed by atoms with Gasteiger partial charge in [-0.15, -0.1) is 0 Å². The molecule has 1 atom stereocenters. The molecule has 0 bridgehead atoms. The zero-order valence-corrected chi connectivity index (χ0v) is 3.36. The second-order valence-electron chi connectivity index (χ2n) is 1.08. The van der Waals surface area contributed by atoms with Gasteiger partial charge in [0.2, 0.25) is 0 Å². The lowest BCUT2D eigenvalue weighted by Gasteiger charge is -1.96. The first-order valence-electron chi connectivity index (χ1n) is 1.61. The van der Waals surface area contributed by atoms with Gasteiger partial charge in [-0.25, -0.2) is 8.78 Å². The van der Waals surface area contributed by atoms with Crippen LogP contribution in [-0.2, 0) is 0 Å². The summed E-state index contributed by atoms with van der Waals surface area (Å²) in [6, 6.07) is 0. The molecule has 0 fully saturated rings. The lowest BCUT2D eigenvalue weighted by atomic mass is 10.4. The minimum Gasteiger partial charge on any atom is -0.387 e. The van der Waals surface area contributed by atoms with Crippen LogP contribution in [0.1, 0.15) is 6.92 Å². The van der Waals surface area contributed by atoms with Gasteiger partial charge >= 0.3 is 0 Å². The maximum Gasteiger partial charge on any atom is 0.263 e. The van der Waals surface area contributed by atoms with Gasteiger partial charge in [0.1, 0.15) is 6.10 Å². The van der Waals surface area contributed by atoms with Crippen LogP contribution in [0.25, 0.3) is 0 Å². The van der Waals surface area contributed by atoms with Crippen molar-refractivity contribution in [1.29, 1.82) is 0 Å². The van der Waals surface area contributed by atoms with Crippen LogP contribution < -0.4 is 0 Å². The molecular weight excluding hydrogens is 90.0 g/mol. The summed E-state index contributed by atoms with van der Waals surface area (Å²) in [6.45, 7) is 1.05. The lowest BCUT2D eigenvalue weighted by molar-refractivity contribution is 0.00720. The van der Waals surface area contributed by atoms with Crippen molar-refractivity contribution in [2.45, 2.75) is 19.5 Å². The van der Waals surface area contributed by atoms with Crippen molar-refractivity contribution in [1.82, 2.24) is 0 Å². The molecule has 0 radical (unpaired) electrons. The van der Waals surface area contributed by atoms with Crippen LogP contribution in [0.15, 0.2) is 0 Å². The molecule has 0 amide bonds. The fraction of sp³-hybridized carbons (Fsp3) is 1.00. The van der Waals surface area contributed by atoms with E-state index < -0.39 is 12.5 Å². The first kappa shape index (κ1) is 5.82. The fourth-order valence-electron chi connectivity index (χ4n) is 0. The topological polar surface area (TPSA) is 20.2 Å². The lowest BCUT2D eigenvalue weighted by Crippen LogP contribution is -2.10. The van der Waals surface area contributed by atoms with Gasteiger partial charge in [0.15, 0.2) is 0 Å². The highest BCUT2D eigenvalue weighted by Gasteiger charge is 2.07. The monoisotopic (exact) mass is 96.0 g/mol. The van der Waals surface area contributed by atoms with E-state index in [4.69, 9.17) is 5.11 Å². The second-order valence-corrected chi connectivity index (χ2v) is 1.08. The number of aliphatic hydroxyl groups excluding tert-OH is 1. The van der Waals surface area contributed by atoms with E-state index in [-0.39, 0.29) is 0 Å². The summed E-state index contributed by atoms with van der Waals surface area (Å²) in [4.78, 5) is 0. The molecule has 1 unspecified atom stereocenters. The summed E-state index contributed by atoms with van der Waals surface area (Å²) in [7, 11) is 0. The quantitative estimate of drug-likeness (QED) is 0.507. The molecule has 0 saturated heterocycles. The SMILES string of the molecule is CC(O)C(F)F. The molecule has 0 aliphatic heterocycles. The van der Waals surface area contributed by atoms with Crippen molar-refractivity contribution >= 4 is 0 Å². The molecule has 38 valence electrons. The predicted molar refractivity (Wildman–Crippen MR) is 17.7 cm³/mol. The van der Waals surface area contributed by atoms with Gasteiger partial charge in [0, 0.05) is 0 Å². The zero-order chi connectivity index (χ0) is 5.15. The highest BCUT2D eigenvalue weighted by atomic mass is 19.3. The Balaban J connectivity index is 2.99. The normalized spacial score (nSPS) is 15.5. The minimum absolute atomic E-state index is 1.05. The molecule has 1 N–H and O–H groups in total. The van der Waals surface area contributed by atoms with E-state index >= 15 is 0 Å².